The van der Waals surface area contributed by atoms with Gasteiger partial charge in [-0.3, -0.25) is 10.1 Å². The van der Waals surface area contributed by atoms with E-state index in [1.807, 2.05) is 0 Å². The summed E-state index contributed by atoms with van der Waals surface area (Å²) in [6.07, 6.45) is 0.688. The largest absolute Gasteiger partial charge is 0.477 e. The van der Waals surface area contributed by atoms with E-state index in [1.54, 1.807) is 0 Å². The van der Waals surface area contributed by atoms with Gasteiger partial charge in [0.15, 0.2) is 0 Å². The molecule has 21 heavy (non-hydrogen) atoms. The number of sulfone groups is 1. The molecule has 1 fully saturated rings. The second-order valence-corrected chi connectivity index (χ2v) is 7.14. The highest BCUT2D eigenvalue weighted by atomic mass is 32.2. The molecule has 1 heterocycles. The van der Waals surface area contributed by atoms with E-state index in [1.165, 1.54) is 12.1 Å². The number of hydrogen-bond acceptors (Lipinski definition) is 6. The smallest absolute Gasteiger partial charge is 0.342 e. The van der Waals surface area contributed by atoms with Gasteiger partial charge in [0.1, 0.15) is 21.1 Å². The third-order valence-corrected chi connectivity index (χ3v) is 5.08. The standard InChI is InChI=1S/C12H14N2O6S/c15-12(16)9-2-1-3-10(11(9)14(17)18)13-8-4-6-21(19,20)7-5-8/h1-3,8,13H,4-7H2,(H,15,16). The number of nitro groups is 1. The fourth-order valence-corrected chi connectivity index (χ4v) is 3.77. The number of nitro benzene ring substituents is 1. The first-order chi connectivity index (χ1) is 9.80. The van der Waals surface area contributed by atoms with Gasteiger partial charge in [0, 0.05) is 6.04 Å². The van der Waals surface area contributed by atoms with E-state index in [0.29, 0.717) is 12.8 Å². The summed E-state index contributed by atoms with van der Waals surface area (Å²) < 4.78 is 22.7. The minimum absolute atomic E-state index is 0.0249. The first kappa shape index (κ1) is 15.2. The molecule has 2 N–H and O–H groups in total. The number of para-hydroxylation sites is 1. The van der Waals surface area contributed by atoms with E-state index in [9.17, 15) is 23.3 Å². The summed E-state index contributed by atoms with van der Waals surface area (Å²) >= 11 is 0. The van der Waals surface area contributed by atoms with Gasteiger partial charge in [0.05, 0.1) is 16.4 Å². The van der Waals surface area contributed by atoms with Gasteiger partial charge in [0.2, 0.25) is 0 Å². The number of carboxylic acids is 1. The average molecular weight is 314 g/mol. The summed E-state index contributed by atoms with van der Waals surface area (Å²) in [5.41, 5.74) is -0.795. The predicted molar refractivity (Wildman–Crippen MR) is 75.4 cm³/mol. The van der Waals surface area contributed by atoms with Crippen molar-refractivity contribution in [3.8, 4) is 0 Å². The average Bonchev–Trinajstić information content (AvgIpc) is 2.40. The zero-order chi connectivity index (χ0) is 15.6. The maximum atomic E-state index is 11.4. The van der Waals surface area contributed by atoms with Crippen LogP contribution in [0.3, 0.4) is 0 Å². The normalized spacial score (nSPS) is 18.1. The fourth-order valence-electron chi connectivity index (χ4n) is 2.28. The Hall–Kier alpha value is -2.16. The summed E-state index contributed by atoms with van der Waals surface area (Å²) in [5, 5.41) is 23.0. The predicted octanol–water partition coefficient (Wildman–Crippen LogP) is 1.28. The maximum Gasteiger partial charge on any atom is 0.342 e. The van der Waals surface area contributed by atoms with Crippen LogP contribution in [0, 0.1) is 10.1 Å². The molecule has 2 rings (SSSR count). The second-order valence-electron chi connectivity index (χ2n) is 4.83. The highest BCUT2D eigenvalue weighted by molar-refractivity contribution is 7.91. The van der Waals surface area contributed by atoms with Crippen LogP contribution >= 0.6 is 0 Å². The molecular formula is C12H14N2O6S. The van der Waals surface area contributed by atoms with Crippen molar-refractivity contribution in [3.63, 3.8) is 0 Å². The van der Waals surface area contributed by atoms with Crippen molar-refractivity contribution in [2.45, 2.75) is 18.9 Å². The number of nitrogens with zero attached hydrogens (tertiary/aromatic N) is 1. The summed E-state index contributed by atoms with van der Waals surface area (Å²) in [7, 11) is -3.02. The lowest BCUT2D eigenvalue weighted by Crippen LogP contribution is -2.32. The van der Waals surface area contributed by atoms with Gasteiger partial charge < -0.3 is 10.4 Å². The topological polar surface area (TPSA) is 127 Å². The highest BCUT2D eigenvalue weighted by Gasteiger charge is 2.28. The zero-order valence-electron chi connectivity index (χ0n) is 11.0. The van der Waals surface area contributed by atoms with Crippen LogP contribution in [-0.2, 0) is 9.84 Å². The van der Waals surface area contributed by atoms with Crippen molar-refractivity contribution >= 4 is 27.2 Å². The molecule has 1 aromatic carbocycles. The lowest BCUT2D eigenvalue weighted by atomic mass is 10.1. The monoisotopic (exact) mass is 314 g/mol. The van der Waals surface area contributed by atoms with E-state index >= 15 is 0 Å². The van der Waals surface area contributed by atoms with Crippen LogP contribution < -0.4 is 5.32 Å². The molecular weight excluding hydrogens is 300 g/mol. The van der Waals surface area contributed by atoms with Crippen LogP contribution in [0.1, 0.15) is 23.2 Å². The van der Waals surface area contributed by atoms with Crippen molar-refractivity contribution in [1.82, 2.24) is 0 Å². The minimum atomic E-state index is -3.02. The van der Waals surface area contributed by atoms with Gasteiger partial charge >= 0.3 is 11.7 Å². The Labute approximate surface area is 120 Å². The van der Waals surface area contributed by atoms with Crippen LogP contribution in [-0.4, -0.2) is 42.0 Å². The van der Waals surface area contributed by atoms with Crippen molar-refractivity contribution in [2.75, 3.05) is 16.8 Å². The molecule has 0 bridgehead atoms. The Morgan fingerprint density at radius 3 is 2.48 bits per heavy atom. The molecule has 9 heteroatoms. The minimum Gasteiger partial charge on any atom is -0.477 e. The summed E-state index contributed by atoms with van der Waals surface area (Å²) in [6.45, 7) is 0. The number of hydrogen-bond donors (Lipinski definition) is 2. The molecule has 0 saturated carbocycles. The van der Waals surface area contributed by atoms with Gasteiger partial charge in [-0.15, -0.1) is 0 Å². The van der Waals surface area contributed by atoms with E-state index in [0.717, 1.165) is 6.07 Å². The van der Waals surface area contributed by atoms with Gasteiger partial charge in [-0.2, -0.15) is 0 Å². The number of anilines is 1. The Balaban J connectivity index is 2.26. The molecule has 0 unspecified atom stereocenters. The molecule has 8 nitrogen and oxygen atoms in total. The first-order valence-electron chi connectivity index (χ1n) is 6.28. The lowest BCUT2D eigenvalue weighted by Gasteiger charge is -2.24. The summed E-state index contributed by atoms with van der Waals surface area (Å²) in [4.78, 5) is 21.4. The van der Waals surface area contributed by atoms with Crippen molar-refractivity contribution in [1.29, 1.82) is 0 Å². The molecule has 0 amide bonds. The molecule has 1 aliphatic heterocycles. The maximum absolute atomic E-state index is 11.4. The van der Waals surface area contributed by atoms with Crippen LogP contribution in [0.15, 0.2) is 18.2 Å². The molecule has 1 aromatic rings. The Morgan fingerprint density at radius 1 is 1.33 bits per heavy atom. The molecule has 0 radical (unpaired) electrons. The second kappa shape index (κ2) is 5.68. The van der Waals surface area contributed by atoms with Crippen molar-refractivity contribution in [2.24, 2.45) is 0 Å². The molecule has 0 atom stereocenters. The highest BCUT2D eigenvalue weighted by Crippen LogP contribution is 2.30. The van der Waals surface area contributed by atoms with Gasteiger partial charge in [-0.25, -0.2) is 13.2 Å². The summed E-state index contributed by atoms with van der Waals surface area (Å²) in [6, 6.07) is 3.78. The number of rotatable bonds is 4. The zero-order valence-corrected chi connectivity index (χ0v) is 11.8. The van der Waals surface area contributed by atoms with E-state index < -0.39 is 32.0 Å². The number of nitrogens with one attached hydrogen (secondary N) is 1. The first-order valence-corrected chi connectivity index (χ1v) is 8.10. The van der Waals surface area contributed by atoms with E-state index in [2.05, 4.69) is 5.32 Å². The van der Waals surface area contributed by atoms with Gasteiger partial charge in [-0.1, -0.05) is 6.07 Å². The molecule has 114 valence electrons. The lowest BCUT2D eigenvalue weighted by molar-refractivity contribution is -0.384. The third kappa shape index (κ3) is 3.48. The van der Waals surface area contributed by atoms with Crippen LogP contribution in [0.4, 0.5) is 11.4 Å². The fraction of sp³-hybridized carbons (Fsp3) is 0.417. The third-order valence-electron chi connectivity index (χ3n) is 3.36. The van der Waals surface area contributed by atoms with Crippen molar-refractivity contribution < 1.29 is 23.2 Å². The SMILES string of the molecule is O=C(O)c1cccc(NC2CCS(=O)(=O)CC2)c1[N+](=O)[O-]. The van der Waals surface area contributed by atoms with Crippen LogP contribution in [0.5, 0.6) is 0 Å². The van der Waals surface area contributed by atoms with Crippen LogP contribution in [0.25, 0.3) is 0 Å². The van der Waals surface area contributed by atoms with Gasteiger partial charge in [-0.05, 0) is 25.0 Å². The van der Waals surface area contributed by atoms with E-state index in [-0.39, 0.29) is 23.2 Å². The Kier molecular flexibility index (Phi) is 4.12. The molecule has 0 aromatic heterocycles. The molecule has 1 aliphatic rings. The molecule has 0 aliphatic carbocycles. The molecule has 0 spiro atoms. The Bertz CT molecular complexity index is 671. The molecule has 1 saturated heterocycles. The Morgan fingerprint density at radius 2 is 1.95 bits per heavy atom. The van der Waals surface area contributed by atoms with Crippen LogP contribution in [0.2, 0.25) is 0 Å². The number of carboxylic acid groups (broad SMARTS) is 1. The van der Waals surface area contributed by atoms with E-state index in [4.69, 9.17) is 5.11 Å². The van der Waals surface area contributed by atoms with Crippen molar-refractivity contribution in [3.05, 3.63) is 33.9 Å². The number of carbonyl (C=O) groups is 1. The number of benzene rings is 1. The summed E-state index contributed by atoms with van der Waals surface area (Å²) in [5.74, 6) is -1.33. The quantitative estimate of drug-likeness (QED) is 0.633. The number of aromatic carboxylic acids is 1. The van der Waals surface area contributed by atoms with Gasteiger partial charge in [0.25, 0.3) is 0 Å².